The van der Waals surface area contributed by atoms with Gasteiger partial charge in [0.2, 0.25) is 0 Å². The Morgan fingerprint density at radius 3 is 2.59 bits per heavy atom. The molecule has 2 saturated heterocycles. The molecule has 2 atom stereocenters. The summed E-state index contributed by atoms with van der Waals surface area (Å²) in [6, 6.07) is 6.19. The SMILES string of the molecule is CC(C)(C)OC(=O)N1CCC2(CC1)CO[C@H]1c3cccc(Br)c3OC(C)(C)[C@@H]1C2. The fourth-order valence-corrected chi connectivity index (χ4v) is 5.43. The molecular formula is C23H32BrNO4. The number of halogens is 1. The number of carbonyl (C=O) groups excluding carboxylic acids is 1. The Morgan fingerprint density at radius 1 is 1.24 bits per heavy atom. The van der Waals surface area contributed by atoms with Crippen LogP contribution in [0.3, 0.4) is 0 Å². The van der Waals surface area contributed by atoms with Gasteiger partial charge >= 0.3 is 6.09 Å². The minimum atomic E-state index is -0.460. The third kappa shape index (κ3) is 4.02. The van der Waals surface area contributed by atoms with Gasteiger partial charge in [0.25, 0.3) is 0 Å². The molecule has 1 amide bonds. The first kappa shape index (κ1) is 21.0. The van der Waals surface area contributed by atoms with Gasteiger partial charge in [0.1, 0.15) is 17.0 Å². The van der Waals surface area contributed by atoms with Gasteiger partial charge in [-0.15, -0.1) is 0 Å². The van der Waals surface area contributed by atoms with Crippen LogP contribution in [0.25, 0.3) is 0 Å². The van der Waals surface area contributed by atoms with E-state index in [1.807, 2.05) is 31.7 Å². The molecule has 160 valence electrons. The number of carbonyl (C=O) groups is 1. The second-order valence-electron chi connectivity index (χ2n) is 10.4. The number of nitrogens with zero attached hydrogens (tertiary/aromatic N) is 1. The Bertz CT molecular complexity index is 793. The second-order valence-corrected chi connectivity index (χ2v) is 11.2. The van der Waals surface area contributed by atoms with E-state index in [1.54, 1.807) is 0 Å². The molecule has 2 fully saturated rings. The molecule has 0 N–H and O–H groups in total. The van der Waals surface area contributed by atoms with Gasteiger partial charge in [-0.05, 0) is 81.3 Å². The number of rotatable bonds is 0. The van der Waals surface area contributed by atoms with Crippen LogP contribution in [0.2, 0.25) is 0 Å². The predicted octanol–water partition coefficient (Wildman–Crippen LogP) is 5.72. The first-order chi connectivity index (χ1) is 13.5. The van der Waals surface area contributed by atoms with Crippen molar-refractivity contribution in [2.45, 2.75) is 71.2 Å². The zero-order chi connectivity index (χ0) is 21.0. The number of amides is 1. The van der Waals surface area contributed by atoms with Gasteiger partial charge < -0.3 is 19.1 Å². The van der Waals surface area contributed by atoms with E-state index >= 15 is 0 Å². The van der Waals surface area contributed by atoms with E-state index in [9.17, 15) is 4.79 Å². The molecule has 1 spiro atoms. The monoisotopic (exact) mass is 465 g/mol. The van der Waals surface area contributed by atoms with Crippen molar-refractivity contribution >= 4 is 22.0 Å². The number of fused-ring (bicyclic) bond motifs is 3. The standard InChI is InChI=1S/C23H32BrNO4/c1-21(2,3)29-20(26)25-11-9-23(10-12-25)13-16-18(27-14-23)15-7-6-8-17(24)19(15)28-22(16,4)5/h6-8,16,18H,9-14H2,1-5H3/t16-,18+/m1/s1. The first-order valence-corrected chi connectivity index (χ1v) is 11.4. The Kier molecular flexibility index (Phi) is 5.18. The number of para-hydroxylation sites is 1. The van der Waals surface area contributed by atoms with E-state index in [-0.39, 0.29) is 29.1 Å². The Morgan fingerprint density at radius 2 is 1.93 bits per heavy atom. The van der Waals surface area contributed by atoms with Gasteiger partial charge in [-0.1, -0.05) is 12.1 Å². The molecule has 1 aromatic carbocycles. The van der Waals surface area contributed by atoms with Crippen LogP contribution < -0.4 is 4.74 Å². The summed E-state index contributed by atoms with van der Waals surface area (Å²) in [6.07, 6.45) is 2.79. The summed E-state index contributed by atoms with van der Waals surface area (Å²) >= 11 is 3.63. The molecule has 0 aromatic heterocycles. The lowest BCUT2D eigenvalue weighted by atomic mass is 9.64. The molecule has 0 bridgehead atoms. The van der Waals surface area contributed by atoms with Gasteiger partial charge in [-0.25, -0.2) is 4.79 Å². The molecule has 0 aliphatic carbocycles. The van der Waals surface area contributed by atoms with Crippen LogP contribution in [0.1, 0.15) is 65.5 Å². The van der Waals surface area contributed by atoms with Gasteiger partial charge in [-0.2, -0.15) is 0 Å². The largest absolute Gasteiger partial charge is 0.486 e. The summed E-state index contributed by atoms with van der Waals surface area (Å²) in [5, 5.41) is 0. The number of hydrogen-bond acceptors (Lipinski definition) is 4. The number of benzene rings is 1. The maximum atomic E-state index is 12.4. The molecule has 0 saturated carbocycles. The van der Waals surface area contributed by atoms with Crippen molar-refractivity contribution in [1.82, 2.24) is 4.90 Å². The molecule has 3 aliphatic rings. The van der Waals surface area contributed by atoms with E-state index in [0.29, 0.717) is 0 Å². The highest BCUT2D eigenvalue weighted by Crippen LogP contribution is 2.56. The molecule has 29 heavy (non-hydrogen) atoms. The lowest BCUT2D eigenvalue weighted by Crippen LogP contribution is -2.55. The normalized spacial score (nSPS) is 27.6. The first-order valence-electron chi connectivity index (χ1n) is 10.6. The summed E-state index contributed by atoms with van der Waals surface area (Å²) in [4.78, 5) is 14.3. The van der Waals surface area contributed by atoms with Crippen molar-refractivity contribution < 1.29 is 19.0 Å². The lowest BCUT2D eigenvalue weighted by molar-refractivity contribution is -0.173. The van der Waals surface area contributed by atoms with E-state index in [2.05, 4.69) is 41.9 Å². The summed E-state index contributed by atoms with van der Waals surface area (Å²) in [6.45, 7) is 12.2. The van der Waals surface area contributed by atoms with Crippen molar-refractivity contribution in [3.63, 3.8) is 0 Å². The maximum absolute atomic E-state index is 12.4. The van der Waals surface area contributed by atoms with Crippen molar-refractivity contribution in [3.05, 3.63) is 28.2 Å². The highest BCUT2D eigenvalue weighted by Gasteiger charge is 2.53. The molecule has 6 heteroatoms. The fourth-order valence-electron chi connectivity index (χ4n) is 4.97. The highest BCUT2D eigenvalue weighted by atomic mass is 79.9. The average Bonchev–Trinajstić information content (AvgIpc) is 2.62. The zero-order valence-electron chi connectivity index (χ0n) is 18.1. The van der Waals surface area contributed by atoms with Gasteiger partial charge in [0, 0.05) is 24.6 Å². The Balaban J connectivity index is 1.49. The third-order valence-electron chi connectivity index (χ3n) is 6.63. The number of piperidine rings is 1. The van der Waals surface area contributed by atoms with Crippen LogP contribution in [0.15, 0.2) is 22.7 Å². The van der Waals surface area contributed by atoms with E-state index < -0.39 is 5.60 Å². The van der Waals surface area contributed by atoms with Crippen LogP contribution in [-0.2, 0) is 9.47 Å². The molecule has 3 aliphatic heterocycles. The van der Waals surface area contributed by atoms with Crippen molar-refractivity contribution in [2.24, 2.45) is 11.3 Å². The quantitative estimate of drug-likeness (QED) is 0.491. The van der Waals surface area contributed by atoms with Crippen LogP contribution in [-0.4, -0.2) is 41.9 Å². The van der Waals surface area contributed by atoms with Crippen LogP contribution >= 0.6 is 15.9 Å². The van der Waals surface area contributed by atoms with Gasteiger partial charge in [0.05, 0.1) is 17.2 Å². The zero-order valence-corrected chi connectivity index (χ0v) is 19.7. The Hall–Kier alpha value is -1.27. The highest BCUT2D eigenvalue weighted by molar-refractivity contribution is 9.10. The third-order valence-corrected chi connectivity index (χ3v) is 7.25. The number of hydrogen-bond donors (Lipinski definition) is 0. The second kappa shape index (κ2) is 7.16. The average molecular weight is 466 g/mol. The van der Waals surface area contributed by atoms with Crippen LogP contribution in [0.5, 0.6) is 5.75 Å². The van der Waals surface area contributed by atoms with Crippen molar-refractivity contribution in [2.75, 3.05) is 19.7 Å². The number of likely N-dealkylation sites (tertiary alicyclic amines) is 1. The molecule has 1 aromatic rings. The number of ether oxygens (including phenoxy) is 3. The predicted molar refractivity (Wildman–Crippen MR) is 115 cm³/mol. The molecular weight excluding hydrogens is 434 g/mol. The van der Waals surface area contributed by atoms with E-state index in [0.717, 1.165) is 54.7 Å². The summed E-state index contributed by atoms with van der Waals surface area (Å²) < 4.78 is 19.5. The topological polar surface area (TPSA) is 48.0 Å². The van der Waals surface area contributed by atoms with Crippen molar-refractivity contribution in [1.29, 1.82) is 0 Å². The van der Waals surface area contributed by atoms with Crippen molar-refractivity contribution in [3.8, 4) is 5.75 Å². The lowest BCUT2D eigenvalue weighted by Gasteiger charge is -2.54. The molecule has 0 radical (unpaired) electrons. The fraction of sp³-hybridized carbons (Fsp3) is 0.696. The Labute approximate surface area is 182 Å². The molecule has 5 nitrogen and oxygen atoms in total. The van der Waals surface area contributed by atoms with E-state index in [1.165, 1.54) is 0 Å². The minimum Gasteiger partial charge on any atom is -0.486 e. The minimum absolute atomic E-state index is 0.0563. The molecule has 0 unspecified atom stereocenters. The summed E-state index contributed by atoms with van der Waals surface area (Å²) in [5.41, 5.74) is 0.476. The molecule has 4 rings (SSSR count). The maximum Gasteiger partial charge on any atom is 0.410 e. The van der Waals surface area contributed by atoms with Crippen LogP contribution in [0, 0.1) is 11.3 Å². The van der Waals surface area contributed by atoms with Gasteiger partial charge in [-0.3, -0.25) is 0 Å². The smallest absolute Gasteiger partial charge is 0.410 e. The van der Waals surface area contributed by atoms with E-state index in [4.69, 9.17) is 14.2 Å². The van der Waals surface area contributed by atoms with Crippen LogP contribution in [0.4, 0.5) is 4.79 Å². The summed E-state index contributed by atoms with van der Waals surface area (Å²) in [7, 11) is 0. The summed E-state index contributed by atoms with van der Waals surface area (Å²) in [5.74, 6) is 1.19. The molecule has 3 heterocycles. The van der Waals surface area contributed by atoms with Gasteiger partial charge in [0.15, 0.2) is 0 Å².